The van der Waals surface area contributed by atoms with Crippen molar-refractivity contribution >= 4 is 12.1 Å². The third-order valence-electron chi connectivity index (χ3n) is 2.18. The summed E-state index contributed by atoms with van der Waals surface area (Å²) in [4.78, 5) is 0. The van der Waals surface area contributed by atoms with Gasteiger partial charge >= 0.3 is 0 Å². The van der Waals surface area contributed by atoms with Crippen LogP contribution in [0, 0.1) is 0 Å². The second kappa shape index (κ2) is 3.69. The molecule has 2 aromatic rings. The summed E-state index contributed by atoms with van der Waals surface area (Å²) in [6.07, 6.45) is 4.40. The lowest BCUT2D eigenvalue weighted by atomic mass is 10.1. The van der Waals surface area contributed by atoms with Crippen molar-refractivity contribution in [3.05, 3.63) is 48.3 Å². The standard InChI is InChI=1S/C11H9N3O2/c1-3-8(15-5-1)10-11(14-13-7-12-10)9-4-2-6-16-9/h1-7,10H,(H,12,13)/i10D. The summed E-state index contributed by atoms with van der Waals surface area (Å²) in [5.74, 6) is 0.916. The Kier molecular flexibility index (Phi) is 1.83. The van der Waals surface area contributed by atoms with E-state index >= 15 is 0 Å². The zero-order chi connectivity index (χ0) is 11.7. The average Bonchev–Trinajstić information content (AvgIpc) is 3.03. The van der Waals surface area contributed by atoms with Gasteiger partial charge in [-0.3, -0.25) is 0 Å². The van der Waals surface area contributed by atoms with Crippen LogP contribution >= 0.6 is 0 Å². The molecule has 5 nitrogen and oxygen atoms in total. The van der Waals surface area contributed by atoms with Crippen LogP contribution in [-0.2, 0) is 0 Å². The molecule has 1 aliphatic heterocycles. The summed E-state index contributed by atoms with van der Waals surface area (Å²) in [5.41, 5.74) is 0.361. The minimum absolute atomic E-state index is 0.361. The van der Waals surface area contributed by atoms with Gasteiger partial charge in [-0.1, -0.05) is 0 Å². The zero-order valence-electron chi connectivity index (χ0n) is 9.25. The molecule has 1 atom stereocenters. The molecule has 5 heteroatoms. The van der Waals surface area contributed by atoms with E-state index in [4.69, 9.17) is 10.2 Å². The Hall–Kier alpha value is -2.30. The largest absolute Gasteiger partial charge is 0.467 e. The molecule has 1 N–H and O–H groups in total. The molecule has 0 amide bonds. The van der Waals surface area contributed by atoms with Gasteiger partial charge < -0.3 is 14.2 Å². The maximum Gasteiger partial charge on any atom is 0.152 e. The highest BCUT2D eigenvalue weighted by Gasteiger charge is 2.25. The number of furan rings is 2. The number of nitrogens with one attached hydrogen (secondary N) is 1. The Bertz CT molecular complexity index is 560. The lowest BCUT2D eigenvalue weighted by Crippen LogP contribution is -2.30. The monoisotopic (exact) mass is 216 g/mol. The maximum atomic E-state index is 8.42. The van der Waals surface area contributed by atoms with Crippen molar-refractivity contribution in [2.24, 2.45) is 10.2 Å². The number of hydrogen-bond acceptors (Lipinski definition) is 5. The van der Waals surface area contributed by atoms with E-state index in [1.807, 2.05) is 0 Å². The van der Waals surface area contributed by atoms with Crippen LogP contribution in [0.1, 0.15) is 18.9 Å². The number of hydrogen-bond donors (Lipinski definition) is 1. The van der Waals surface area contributed by atoms with E-state index in [9.17, 15) is 0 Å². The van der Waals surface area contributed by atoms with E-state index in [1.54, 1.807) is 24.3 Å². The first kappa shape index (κ1) is 7.92. The van der Waals surface area contributed by atoms with Crippen LogP contribution in [-0.4, -0.2) is 12.1 Å². The van der Waals surface area contributed by atoms with E-state index in [-0.39, 0.29) is 0 Å². The minimum atomic E-state index is -1.32. The van der Waals surface area contributed by atoms with Gasteiger partial charge in [0.15, 0.2) is 5.76 Å². The molecular weight excluding hydrogens is 206 g/mol. The van der Waals surface area contributed by atoms with Crippen LogP contribution in [0.2, 0.25) is 0 Å². The first-order chi connectivity index (χ1) is 8.31. The molecule has 1 unspecified atom stereocenters. The highest BCUT2D eigenvalue weighted by molar-refractivity contribution is 6.04. The number of nitrogens with zero attached hydrogens (tertiary/aromatic N) is 2. The van der Waals surface area contributed by atoms with Crippen LogP contribution in [0.15, 0.2) is 55.8 Å². The predicted octanol–water partition coefficient (Wildman–Crippen LogP) is 1.95. The summed E-state index contributed by atoms with van der Waals surface area (Å²) in [7, 11) is 0. The first-order valence-electron chi connectivity index (χ1n) is 5.26. The van der Waals surface area contributed by atoms with Gasteiger partial charge in [0.1, 0.15) is 23.8 Å². The van der Waals surface area contributed by atoms with Gasteiger partial charge in [0, 0.05) is 0 Å². The molecule has 80 valence electrons. The quantitative estimate of drug-likeness (QED) is 0.834. The second-order valence-electron chi connectivity index (χ2n) is 3.17. The van der Waals surface area contributed by atoms with E-state index in [0.29, 0.717) is 17.2 Å². The molecule has 3 rings (SSSR count). The van der Waals surface area contributed by atoms with Crippen molar-refractivity contribution in [3.63, 3.8) is 0 Å². The van der Waals surface area contributed by atoms with Gasteiger partial charge in [0.05, 0.1) is 13.9 Å². The van der Waals surface area contributed by atoms with Gasteiger partial charge in [-0.05, 0) is 24.3 Å². The summed E-state index contributed by atoms with van der Waals surface area (Å²) in [5, 5.41) is 10.5. The summed E-state index contributed by atoms with van der Waals surface area (Å²) in [6.45, 7) is 0. The summed E-state index contributed by atoms with van der Waals surface area (Å²) in [6, 6.07) is 5.58. The highest BCUT2D eigenvalue weighted by Crippen LogP contribution is 2.21. The topological polar surface area (TPSA) is 63.0 Å². The van der Waals surface area contributed by atoms with Crippen LogP contribution < -0.4 is 5.32 Å². The number of rotatable bonds is 2. The molecule has 0 bridgehead atoms. The minimum Gasteiger partial charge on any atom is -0.467 e. The molecule has 0 fully saturated rings. The molecular formula is C11H9N3O2. The van der Waals surface area contributed by atoms with Crippen molar-refractivity contribution in [2.75, 3.05) is 0 Å². The smallest absolute Gasteiger partial charge is 0.152 e. The average molecular weight is 216 g/mol. The van der Waals surface area contributed by atoms with Crippen LogP contribution in [0.25, 0.3) is 0 Å². The van der Waals surface area contributed by atoms with Gasteiger partial charge in [0.25, 0.3) is 0 Å². The van der Waals surface area contributed by atoms with Crippen molar-refractivity contribution in [1.29, 1.82) is 0 Å². The Morgan fingerprint density at radius 2 is 2.12 bits per heavy atom. The molecule has 0 saturated heterocycles. The summed E-state index contributed by atoms with van der Waals surface area (Å²) < 4.78 is 19.0. The van der Waals surface area contributed by atoms with Crippen molar-refractivity contribution in [1.82, 2.24) is 5.32 Å². The first-order valence-corrected chi connectivity index (χ1v) is 4.76. The summed E-state index contributed by atoms with van der Waals surface area (Å²) >= 11 is 0. The molecule has 2 aromatic heterocycles. The van der Waals surface area contributed by atoms with Gasteiger partial charge in [-0.2, -0.15) is 0 Å². The molecule has 0 saturated carbocycles. The van der Waals surface area contributed by atoms with E-state index < -0.39 is 6.02 Å². The SMILES string of the molecule is [2H]C1(c2ccco2)NC=NN=C1c1ccco1. The predicted molar refractivity (Wildman–Crippen MR) is 58.3 cm³/mol. The molecule has 0 aliphatic carbocycles. The highest BCUT2D eigenvalue weighted by atomic mass is 16.3. The fourth-order valence-electron chi connectivity index (χ4n) is 1.49. The molecule has 0 radical (unpaired) electrons. The van der Waals surface area contributed by atoms with E-state index in [1.165, 1.54) is 18.9 Å². The third kappa shape index (κ3) is 1.42. The fraction of sp³-hybridized carbons (Fsp3) is 0.0909. The van der Waals surface area contributed by atoms with Crippen molar-refractivity contribution < 1.29 is 10.2 Å². The van der Waals surface area contributed by atoms with Crippen molar-refractivity contribution in [2.45, 2.75) is 6.02 Å². The molecule has 0 aromatic carbocycles. The van der Waals surface area contributed by atoms with Crippen molar-refractivity contribution in [3.8, 4) is 0 Å². The molecule has 16 heavy (non-hydrogen) atoms. The van der Waals surface area contributed by atoms with Gasteiger partial charge in [-0.25, -0.2) is 0 Å². The lowest BCUT2D eigenvalue weighted by Gasteiger charge is -2.17. The normalized spacial score (nSPS) is 24.8. The third-order valence-corrected chi connectivity index (χ3v) is 2.18. The lowest BCUT2D eigenvalue weighted by molar-refractivity contribution is 0.482. The van der Waals surface area contributed by atoms with E-state index in [2.05, 4.69) is 15.5 Å². The molecule has 0 spiro atoms. The van der Waals surface area contributed by atoms with Crippen LogP contribution in [0.3, 0.4) is 0 Å². The van der Waals surface area contributed by atoms with Crippen LogP contribution in [0.4, 0.5) is 0 Å². The fourth-order valence-corrected chi connectivity index (χ4v) is 1.49. The zero-order valence-corrected chi connectivity index (χ0v) is 8.25. The van der Waals surface area contributed by atoms with Crippen LogP contribution in [0.5, 0.6) is 0 Å². The van der Waals surface area contributed by atoms with Gasteiger partial charge in [0.2, 0.25) is 0 Å². The second-order valence-corrected chi connectivity index (χ2v) is 3.17. The van der Waals surface area contributed by atoms with Gasteiger partial charge in [-0.15, -0.1) is 10.2 Å². The molecule has 1 aliphatic rings. The Labute approximate surface area is 92.9 Å². The molecule has 3 heterocycles. The maximum absolute atomic E-state index is 8.42. The van der Waals surface area contributed by atoms with E-state index in [0.717, 1.165) is 0 Å². The Balaban J connectivity index is 2.11. The Morgan fingerprint density at radius 1 is 1.25 bits per heavy atom. The Morgan fingerprint density at radius 3 is 2.88 bits per heavy atom.